The first kappa shape index (κ1) is 11.1. The molecule has 0 fully saturated rings. The average Bonchev–Trinajstić information content (AvgIpc) is 2.83. The Kier molecular flexibility index (Phi) is 3.35. The van der Waals surface area contributed by atoms with Crippen LogP contribution in [0.3, 0.4) is 0 Å². The van der Waals surface area contributed by atoms with Crippen molar-refractivity contribution in [3.63, 3.8) is 0 Å². The van der Waals surface area contributed by atoms with E-state index in [0.29, 0.717) is 5.56 Å². The summed E-state index contributed by atoms with van der Waals surface area (Å²) in [5.74, 6) is -0.215. The second-order valence-corrected chi connectivity index (χ2v) is 3.69. The number of nitrogens with one attached hydrogen (secondary N) is 2. The van der Waals surface area contributed by atoms with E-state index in [4.69, 9.17) is 0 Å². The van der Waals surface area contributed by atoms with E-state index >= 15 is 0 Å². The minimum Gasteiger partial charge on any atom is -0.360 e. The van der Waals surface area contributed by atoms with E-state index in [0.717, 1.165) is 11.3 Å². The van der Waals surface area contributed by atoms with Crippen LogP contribution in [-0.4, -0.2) is 17.1 Å². The third kappa shape index (κ3) is 3.04. The molecule has 0 unspecified atom stereocenters. The maximum Gasteiger partial charge on any atom is 0.271 e. The van der Waals surface area contributed by atoms with Gasteiger partial charge in [0.15, 0.2) is 0 Å². The molecule has 0 atom stereocenters. The van der Waals surface area contributed by atoms with Crippen molar-refractivity contribution in [2.45, 2.75) is 6.92 Å². The Bertz CT molecular complexity index is 512. The number of carbonyl (C=O) groups is 1. The molecule has 0 aliphatic heterocycles. The number of benzene rings is 1. The second-order valence-electron chi connectivity index (χ2n) is 3.69. The summed E-state index contributed by atoms with van der Waals surface area (Å²) in [6.45, 7) is 1.98. The van der Waals surface area contributed by atoms with Gasteiger partial charge in [-0.25, -0.2) is 5.43 Å². The van der Waals surface area contributed by atoms with Crippen molar-refractivity contribution in [2.75, 3.05) is 0 Å². The molecule has 0 saturated carbocycles. The van der Waals surface area contributed by atoms with E-state index in [2.05, 4.69) is 15.5 Å². The van der Waals surface area contributed by atoms with Gasteiger partial charge >= 0.3 is 0 Å². The smallest absolute Gasteiger partial charge is 0.271 e. The van der Waals surface area contributed by atoms with E-state index in [1.807, 2.05) is 31.2 Å². The van der Waals surface area contributed by atoms with Crippen molar-refractivity contribution in [2.24, 2.45) is 5.10 Å². The molecular formula is C13H13N3O. The zero-order valence-corrected chi connectivity index (χ0v) is 9.47. The summed E-state index contributed by atoms with van der Waals surface area (Å²) in [4.78, 5) is 14.6. The predicted molar refractivity (Wildman–Crippen MR) is 67.0 cm³/mol. The van der Waals surface area contributed by atoms with E-state index in [1.165, 1.54) is 0 Å². The molecule has 0 bridgehead atoms. The summed E-state index contributed by atoms with van der Waals surface area (Å²) in [5.41, 5.74) is 5.03. The van der Waals surface area contributed by atoms with Crippen LogP contribution < -0.4 is 5.43 Å². The summed E-state index contributed by atoms with van der Waals surface area (Å²) in [5, 5.41) is 3.86. The number of rotatable bonds is 3. The fraction of sp³-hybridized carbons (Fsp3) is 0.0769. The lowest BCUT2D eigenvalue weighted by Crippen LogP contribution is -2.17. The molecule has 1 heterocycles. The van der Waals surface area contributed by atoms with Crippen LogP contribution in [0, 0.1) is 6.92 Å². The summed E-state index contributed by atoms with van der Waals surface area (Å²) >= 11 is 0. The zero-order chi connectivity index (χ0) is 12.1. The number of hydrogen-bond donors (Lipinski definition) is 2. The first-order chi connectivity index (χ1) is 8.25. The van der Waals surface area contributed by atoms with Crippen molar-refractivity contribution in [1.29, 1.82) is 0 Å². The van der Waals surface area contributed by atoms with E-state index in [1.54, 1.807) is 24.5 Å². The Morgan fingerprint density at radius 2 is 2.06 bits per heavy atom. The molecule has 1 amide bonds. The summed E-state index contributed by atoms with van der Waals surface area (Å²) in [6, 6.07) is 11.1. The van der Waals surface area contributed by atoms with Gasteiger partial charge in [-0.1, -0.05) is 17.7 Å². The molecule has 86 valence electrons. The van der Waals surface area contributed by atoms with Crippen LogP contribution in [0.15, 0.2) is 47.7 Å². The summed E-state index contributed by atoms with van der Waals surface area (Å²) < 4.78 is 0. The molecule has 0 aliphatic rings. The van der Waals surface area contributed by atoms with Gasteiger partial charge in [0.2, 0.25) is 0 Å². The van der Waals surface area contributed by atoms with Crippen molar-refractivity contribution in [1.82, 2.24) is 10.4 Å². The molecule has 2 N–H and O–H groups in total. The highest BCUT2D eigenvalue weighted by molar-refractivity contribution is 5.94. The average molecular weight is 227 g/mol. The predicted octanol–water partition coefficient (Wildman–Crippen LogP) is 2.09. The highest BCUT2D eigenvalue weighted by Gasteiger charge is 2.02. The zero-order valence-electron chi connectivity index (χ0n) is 9.47. The number of aromatic nitrogens is 1. The number of H-pyrrole nitrogens is 1. The Labute approximate surface area is 99.4 Å². The van der Waals surface area contributed by atoms with Gasteiger partial charge in [-0.15, -0.1) is 0 Å². The SMILES string of the molecule is Cc1ccc(C(=O)N/N=C\c2ccc[nH]2)cc1. The lowest BCUT2D eigenvalue weighted by Gasteiger charge is -1.99. The van der Waals surface area contributed by atoms with E-state index in [-0.39, 0.29) is 5.91 Å². The van der Waals surface area contributed by atoms with Crippen LogP contribution in [0.25, 0.3) is 0 Å². The second kappa shape index (κ2) is 5.12. The highest BCUT2D eigenvalue weighted by Crippen LogP contribution is 2.02. The molecular weight excluding hydrogens is 214 g/mol. The number of hydrazone groups is 1. The first-order valence-electron chi connectivity index (χ1n) is 5.29. The maximum atomic E-state index is 11.6. The lowest BCUT2D eigenvalue weighted by molar-refractivity contribution is 0.0955. The van der Waals surface area contributed by atoms with Gasteiger partial charge in [0.25, 0.3) is 5.91 Å². The van der Waals surface area contributed by atoms with Gasteiger partial charge in [-0.3, -0.25) is 4.79 Å². The van der Waals surface area contributed by atoms with Gasteiger partial charge in [-0.05, 0) is 31.2 Å². The van der Waals surface area contributed by atoms with Gasteiger partial charge in [0, 0.05) is 11.8 Å². The number of aryl methyl sites for hydroxylation is 1. The van der Waals surface area contributed by atoms with Crippen LogP contribution in [-0.2, 0) is 0 Å². The summed E-state index contributed by atoms with van der Waals surface area (Å²) in [6.07, 6.45) is 3.36. The summed E-state index contributed by atoms with van der Waals surface area (Å²) in [7, 11) is 0. The molecule has 2 aromatic rings. The molecule has 2 rings (SSSR count). The Balaban J connectivity index is 1.96. The van der Waals surface area contributed by atoms with Crippen LogP contribution in [0.1, 0.15) is 21.6 Å². The quantitative estimate of drug-likeness (QED) is 0.612. The van der Waals surface area contributed by atoms with Crippen molar-refractivity contribution in [3.8, 4) is 0 Å². The van der Waals surface area contributed by atoms with Crippen molar-refractivity contribution >= 4 is 12.1 Å². The third-order valence-electron chi connectivity index (χ3n) is 2.31. The normalized spacial score (nSPS) is 10.6. The Morgan fingerprint density at radius 1 is 1.29 bits per heavy atom. The van der Waals surface area contributed by atoms with Crippen LogP contribution >= 0.6 is 0 Å². The maximum absolute atomic E-state index is 11.6. The Hall–Kier alpha value is -2.36. The largest absolute Gasteiger partial charge is 0.360 e. The molecule has 17 heavy (non-hydrogen) atoms. The van der Waals surface area contributed by atoms with Gasteiger partial charge in [0.1, 0.15) is 0 Å². The van der Waals surface area contributed by atoms with Crippen LogP contribution in [0.5, 0.6) is 0 Å². The lowest BCUT2D eigenvalue weighted by atomic mass is 10.1. The van der Waals surface area contributed by atoms with Gasteiger partial charge in [0.05, 0.1) is 11.9 Å². The van der Waals surface area contributed by atoms with Crippen molar-refractivity contribution < 1.29 is 4.79 Å². The number of nitrogens with zero attached hydrogens (tertiary/aromatic N) is 1. The monoisotopic (exact) mass is 227 g/mol. The van der Waals surface area contributed by atoms with Gasteiger partial charge < -0.3 is 4.98 Å². The molecule has 1 aromatic carbocycles. The molecule has 4 nitrogen and oxygen atoms in total. The highest BCUT2D eigenvalue weighted by atomic mass is 16.2. The number of carbonyl (C=O) groups excluding carboxylic acids is 1. The minimum atomic E-state index is -0.215. The standard InChI is InChI=1S/C13H13N3O/c1-10-4-6-11(7-5-10)13(17)16-15-9-12-3-2-8-14-12/h2-9,14H,1H3,(H,16,17)/b15-9-. The first-order valence-corrected chi connectivity index (χ1v) is 5.29. The Morgan fingerprint density at radius 3 is 2.71 bits per heavy atom. The van der Waals surface area contributed by atoms with E-state index in [9.17, 15) is 4.79 Å². The number of hydrogen-bond acceptors (Lipinski definition) is 2. The fourth-order valence-electron chi connectivity index (χ4n) is 1.35. The van der Waals surface area contributed by atoms with Crippen LogP contribution in [0.4, 0.5) is 0 Å². The minimum absolute atomic E-state index is 0.215. The number of aromatic amines is 1. The van der Waals surface area contributed by atoms with Crippen LogP contribution in [0.2, 0.25) is 0 Å². The molecule has 0 aliphatic carbocycles. The molecule has 0 spiro atoms. The van der Waals surface area contributed by atoms with E-state index < -0.39 is 0 Å². The molecule has 0 radical (unpaired) electrons. The molecule has 4 heteroatoms. The van der Waals surface area contributed by atoms with Gasteiger partial charge in [-0.2, -0.15) is 5.10 Å². The topological polar surface area (TPSA) is 57.2 Å². The number of amides is 1. The molecule has 1 aromatic heterocycles. The third-order valence-corrected chi connectivity index (χ3v) is 2.31. The molecule has 0 saturated heterocycles. The fourth-order valence-corrected chi connectivity index (χ4v) is 1.35. The van der Waals surface area contributed by atoms with Crippen molar-refractivity contribution in [3.05, 3.63) is 59.4 Å².